The summed E-state index contributed by atoms with van der Waals surface area (Å²) < 4.78 is 0. The Morgan fingerprint density at radius 2 is 2.00 bits per heavy atom. The molecule has 3 rings (SSSR count). The fourth-order valence-corrected chi connectivity index (χ4v) is 3.74. The first-order valence-electron chi connectivity index (χ1n) is 9.15. The third-order valence-electron chi connectivity index (χ3n) is 5.27. The second-order valence-electron chi connectivity index (χ2n) is 7.12. The van der Waals surface area contributed by atoms with E-state index in [-0.39, 0.29) is 11.5 Å². The molecule has 138 valence electrons. The minimum Gasteiger partial charge on any atom is -0.378 e. The van der Waals surface area contributed by atoms with Crippen LogP contribution in [-0.4, -0.2) is 60.7 Å². The van der Waals surface area contributed by atoms with Crippen LogP contribution in [0.5, 0.6) is 0 Å². The minimum atomic E-state index is -0.451. The van der Waals surface area contributed by atoms with Gasteiger partial charge in [0.05, 0.1) is 37.6 Å². The van der Waals surface area contributed by atoms with Gasteiger partial charge in [-0.2, -0.15) is 9.97 Å². The van der Waals surface area contributed by atoms with Crippen LogP contribution in [0.4, 0.5) is 23.3 Å². The second-order valence-corrected chi connectivity index (χ2v) is 7.12. The van der Waals surface area contributed by atoms with Gasteiger partial charge in [-0.25, -0.2) is 0 Å². The zero-order valence-electron chi connectivity index (χ0n) is 15.1. The van der Waals surface area contributed by atoms with Crippen molar-refractivity contribution in [2.75, 3.05) is 61.3 Å². The number of hydrogen-bond acceptors (Lipinski definition) is 7. The number of nitrogens with one attached hydrogen (secondary N) is 1. The van der Waals surface area contributed by atoms with E-state index in [4.69, 9.17) is 5.73 Å². The summed E-state index contributed by atoms with van der Waals surface area (Å²) in [5.74, 6) is 1.36. The summed E-state index contributed by atoms with van der Waals surface area (Å²) in [6.07, 6.45) is 2.15. The maximum Gasteiger partial charge on any atom is 0.353 e. The zero-order chi connectivity index (χ0) is 18.0. The number of anilines is 3. The number of likely N-dealkylation sites (N-methyl/N-ethyl adjacent to an activating group) is 1. The number of nitro groups is 1. The van der Waals surface area contributed by atoms with Crippen molar-refractivity contribution in [2.45, 2.75) is 26.7 Å². The van der Waals surface area contributed by atoms with Crippen molar-refractivity contribution < 1.29 is 9.82 Å². The van der Waals surface area contributed by atoms with E-state index in [9.17, 15) is 10.1 Å². The molecule has 0 spiro atoms. The van der Waals surface area contributed by atoms with Gasteiger partial charge in [0.1, 0.15) is 0 Å². The van der Waals surface area contributed by atoms with Crippen LogP contribution >= 0.6 is 0 Å². The molecule has 1 aromatic rings. The second kappa shape index (κ2) is 7.38. The van der Waals surface area contributed by atoms with Gasteiger partial charge in [0.2, 0.25) is 17.6 Å². The first kappa shape index (κ1) is 17.7. The Labute approximate surface area is 148 Å². The van der Waals surface area contributed by atoms with Crippen LogP contribution in [0.25, 0.3) is 0 Å². The van der Waals surface area contributed by atoms with E-state index < -0.39 is 4.92 Å². The standard InChI is InChI=1S/C16H27N7O2/c1-3-20-7-9-21(10-8-20)16-18-14(17)13(23(24)25)15(19-16)22-6-4-5-12(2)11-22/h12H,3-11H2,1-2H3,(H2,17,18,19)/p+1/t12-/m1/s1. The van der Waals surface area contributed by atoms with Crippen LogP contribution in [0.15, 0.2) is 0 Å². The summed E-state index contributed by atoms with van der Waals surface area (Å²) in [5.41, 5.74) is 5.82. The Balaban J connectivity index is 1.92. The lowest BCUT2D eigenvalue weighted by atomic mass is 10.0. The predicted octanol–water partition coefficient (Wildman–Crippen LogP) is -0.0719. The Bertz CT molecular complexity index is 631. The third-order valence-corrected chi connectivity index (χ3v) is 5.27. The first-order chi connectivity index (χ1) is 12.0. The van der Waals surface area contributed by atoms with Crippen molar-refractivity contribution in [1.29, 1.82) is 0 Å². The van der Waals surface area contributed by atoms with Gasteiger partial charge in [-0.05, 0) is 25.7 Å². The number of hydrogen-bond donors (Lipinski definition) is 2. The Morgan fingerprint density at radius 1 is 1.28 bits per heavy atom. The average Bonchev–Trinajstić information content (AvgIpc) is 2.60. The van der Waals surface area contributed by atoms with Gasteiger partial charge >= 0.3 is 5.69 Å². The average molecular weight is 350 g/mol. The molecule has 0 saturated carbocycles. The highest BCUT2D eigenvalue weighted by atomic mass is 16.6. The first-order valence-corrected chi connectivity index (χ1v) is 9.15. The van der Waals surface area contributed by atoms with Gasteiger partial charge in [-0.3, -0.25) is 10.1 Å². The summed E-state index contributed by atoms with van der Waals surface area (Å²) in [6, 6.07) is 0. The molecule has 3 N–H and O–H groups in total. The fraction of sp³-hybridized carbons (Fsp3) is 0.750. The van der Waals surface area contributed by atoms with Crippen LogP contribution in [0.2, 0.25) is 0 Å². The number of nitrogens with zero attached hydrogens (tertiary/aromatic N) is 5. The van der Waals surface area contributed by atoms with Crippen molar-refractivity contribution in [3.63, 3.8) is 0 Å². The lowest BCUT2D eigenvalue weighted by molar-refractivity contribution is -0.898. The number of rotatable bonds is 4. The molecule has 1 aromatic heterocycles. The highest BCUT2D eigenvalue weighted by Gasteiger charge is 2.31. The van der Waals surface area contributed by atoms with E-state index in [1.54, 1.807) is 4.90 Å². The molecule has 0 radical (unpaired) electrons. The fourth-order valence-electron chi connectivity index (χ4n) is 3.74. The Morgan fingerprint density at radius 3 is 2.60 bits per heavy atom. The quantitative estimate of drug-likeness (QED) is 0.578. The predicted molar refractivity (Wildman–Crippen MR) is 97.2 cm³/mol. The maximum atomic E-state index is 11.5. The molecule has 2 fully saturated rings. The molecule has 2 saturated heterocycles. The van der Waals surface area contributed by atoms with Crippen molar-refractivity contribution in [3.8, 4) is 0 Å². The molecule has 0 aromatic carbocycles. The van der Waals surface area contributed by atoms with Gasteiger partial charge in [-0.1, -0.05) is 6.92 Å². The molecule has 9 nitrogen and oxygen atoms in total. The molecule has 0 amide bonds. The maximum absolute atomic E-state index is 11.5. The lowest BCUT2D eigenvalue weighted by Gasteiger charge is -2.34. The molecule has 9 heteroatoms. The number of aromatic nitrogens is 2. The number of piperazine rings is 1. The third kappa shape index (κ3) is 3.76. The van der Waals surface area contributed by atoms with Gasteiger partial charge in [0.15, 0.2) is 0 Å². The molecule has 3 heterocycles. The van der Waals surface area contributed by atoms with E-state index in [0.717, 1.165) is 58.7 Å². The summed E-state index contributed by atoms with van der Waals surface area (Å²) in [7, 11) is 0. The minimum absolute atomic E-state index is 0.0338. The topological polar surface area (TPSA) is 106 Å². The van der Waals surface area contributed by atoms with Crippen molar-refractivity contribution in [2.24, 2.45) is 5.92 Å². The van der Waals surface area contributed by atoms with Crippen LogP contribution in [-0.2, 0) is 0 Å². The summed E-state index contributed by atoms with van der Waals surface area (Å²) in [4.78, 5) is 25.6. The van der Waals surface area contributed by atoms with E-state index in [1.165, 1.54) is 0 Å². The van der Waals surface area contributed by atoms with Crippen molar-refractivity contribution >= 4 is 23.3 Å². The largest absolute Gasteiger partial charge is 0.378 e. The summed E-state index contributed by atoms with van der Waals surface area (Å²) >= 11 is 0. The van der Waals surface area contributed by atoms with Crippen molar-refractivity contribution in [3.05, 3.63) is 10.1 Å². The highest BCUT2D eigenvalue weighted by molar-refractivity contribution is 5.71. The zero-order valence-corrected chi connectivity index (χ0v) is 15.1. The monoisotopic (exact) mass is 350 g/mol. The molecule has 0 unspecified atom stereocenters. The molecule has 2 aliphatic rings. The normalized spacial score (nSPS) is 22.2. The SMILES string of the molecule is CC[NH+]1CCN(c2nc(N)c([N+](=O)[O-])c(N3CCC[C@@H](C)C3)n2)CC1. The van der Waals surface area contributed by atoms with Crippen molar-refractivity contribution in [1.82, 2.24) is 9.97 Å². The highest BCUT2D eigenvalue weighted by Crippen LogP contribution is 2.35. The number of nitrogen functional groups attached to an aromatic ring is 1. The number of quaternary nitrogens is 1. The van der Waals surface area contributed by atoms with Crippen LogP contribution < -0.4 is 20.4 Å². The van der Waals surface area contributed by atoms with Gasteiger partial charge in [0, 0.05) is 13.1 Å². The molecule has 25 heavy (non-hydrogen) atoms. The van der Waals surface area contributed by atoms with E-state index in [0.29, 0.717) is 17.7 Å². The Kier molecular flexibility index (Phi) is 5.22. The summed E-state index contributed by atoms with van der Waals surface area (Å²) in [5, 5.41) is 11.5. The molecular formula is C16H28N7O2+. The van der Waals surface area contributed by atoms with E-state index >= 15 is 0 Å². The smallest absolute Gasteiger partial charge is 0.353 e. The van der Waals surface area contributed by atoms with Gasteiger partial charge in [0.25, 0.3) is 0 Å². The molecule has 2 aliphatic heterocycles. The molecular weight excluding hydrogens is 322 g/mol. The van der Waals surface area contributed by atoms with Gasteiger partial charge in [-0.15, -0.1) is 0 Å². The lowest BCUT2D eigenvalue weighted by Crippen LogP contribution is -3.14. The number of piperidine rings is 1. The number of nitrogens with two attached hydrogens (primary N) is 1. The van der Waals surface area contributed by atoms with E-state index in [2.05, 4.69) is 28.7 Å². The summed E-state index contributed by atoms with van der Waals surface area (Å²) in [6.45, 7) is 10.7. The molecule has 1 atom stereocenters. The van der Waals surface area contributed by atoms with Crippen LogP contribution in [0, 0.1) is 16.0 Å². The van der Waals surface area contributed by atoms with E-state index in [1.807, 2.05) is 4.90 Å². The molecule has 0 aliphatic carbocycles. The van der Waals surface area contributed by atoms with Crippen LogP contribution in [0.1, 0.15) is 26.7 Å². The Hall–Kier alpha value is -2.16. The molecule has 0 bridgehead atoms. The van der Waals surface area contributed by atoms with Crippen LogP contribution in [0.3, 0.4) is 0 Å². The van der Waals surface area contributed by atoms with Gasteiger partial charge < -0.3 is 20.4 Å².